The zero-order valence-corrected chi connectivity index (χ0v) is 20.1. The average Bonchev–Trinajstić information content (AvgIpc) is 3.21. The van der Waals surface area contributed by atoms with Crippen LogP contribution >= 0.6 is 0 Å². The molecule has 3 aliphatic heterocycles. The third kappa shape index (κ3) is 4.19. The first kappa shape index (κ1) is 22.6. The molecule has 1 atom stereocenters. The number of aromatic nitrogens is 4. The minimum Gasteiger partial charge on any atom is -0.489 e. The molecule has 3 aliphatic rings. The zero-order chi connectivity index (χ0) is 24.8. The number of benzene rings is 1. The first-order chi connectivity index (χ1) is 17.4. The molecule has 0 aliphatic carbocycles. The molecule has 0 amide bonds. The summed E-state index contributed by atoms with van der Waals surface area (Å²) in [6, 6.07) is 6.61. The van der Waals surface area contributed by atoms with Gasteiger partial charge in [-0.05, 0) is 37.2 Å². The predicted molar refractivity (Wildman–Crippen MR) is 134 cm³/mol. The molecule has 188 valence electrons. The van der Waals surface area contributed by atoms with Crippen molar-refractivity contribution >= 4 is 17.3 Å². The van der Waals surface area contributed by atoms with Crippen LogP contribution in [0.3, 0.4) is 0 Å². The normalized spacial score (nSPS) is 19.8. The third-order valence-electron chi connectivity index (χ3n) is 7.04. The molecule has 2 fully saturated rings. The number of nitrogens with zero attached hydrogens (tertiary/aromatic N) is 7. The predicted octanol–water partition coefficient (Wildman–Crippen LogP) is 1.51. The second-order valence-corrected chi connectivity index (χ2v) is 9.53. The quantitative estimate of drug-likeness (QED) is 0.548. The van der Waals surface area contributed by atoms with Crippen LogP contribution < -0.4 is 20.3 Å². The van der Waals surface area contributed by atoms with Crippen LogP contribution in [-0.4, -0.2) is 81.2 Å². The van der Waals surface area contributed by atoms with Gasteiger partial charge in [0.25, 0.3) is 5.95 Å². The van der Waals surface area contributed by atoms with E-state index in [4.69, 9.17) is 10.5 Å². The summed E-state index contributed by atoms with van der Waals surface area (Å²) >= 11 is 0. The van der Waals surface area contributed by atoms with Crippen LogP contribution in [0.25, 0.3) is 5.95 Å². The van der Waals surface area contributed by atoms with Crippen LogP contribution in [0.15, 0.2) is 42.7 Å². The lowest BCUT2D eigenvalue weighted by molar-refractivity contribution is 0.141. The van der Waals surface area contributed by atoms with Gasteiger partial charge >= 0.3 is 0 Å². The Hall–Kier alpha value is -3.86. The lowest BCUT2D eigenvalue weighted by Gasteiger charge is -2.45. The number of rotatable bonds is 5. The molecule has 36 heavy (non-hydrogen) atoms. The molecule has 5 heterocycles. The standard InChI is InChI=1S/C25H29FN8O2/c1-16-17(11-28-34(16)25-29-23(27)10-24(30-25)32-13-20(35)14-32)3-2-6-31-7-8-33-19(12-31)15-36-22-5-4-18(26)9-21(22)33/h2,4-6,9-11,19-20,35H,3,7-8,12-15H2,1H3,(H2,27,29,30)/b6-2+. The molecular formula is C25H29FN8O2. The van der Waals surface area contributed by atoms with Crippen LogP contribution in [0.2, 0.25) is 0 Å². The Kier molecular flexibility index (Phi) is 5.63. The van der Waals surface area contributed by atoms with Crippen molar-refractivity contribution in [3.8, 4) is 11.7 Å². The molecule has 0 saturated carbocycles. The maximum absolute atomic E-state index is 13.8. The molecule has 0 spiro atoms. The lowest BCUT2D eigenvalue weighted by atomic mass is 10.1. The SMILES string of the molecule is Cc1c(C/C=C/N2CCN3c4cc(F)ccc4OCC3C2)cnn1-c1nc(N)cc(N2CC(O)C2)n1. The van der Waals surface area contributed by atoms with E-state index < -0.39 is 0 Å². The Morgan fingerprint density at radius 3 is 2.89 bits per heavy atom. The van der Waals surface area contributed by atoms with Crippen molar-refractivity contribution in [2.45, 2.75) is 25.5 Å². The number of hydrogen-bond acceptors (Lipinski definition) is 9. The molecule has 3 N–H and O–H groups in total. The van der Waals surface area contributed by atoms with Crippen molar-refractivity contribution in [2.75, 3.05) is 54.9 Å². The molecule has 10 nitrogen and oxygen atoms in total. The fourth-order valence-corrected chi connectivity index (χ4v) is 5.01. The van der Waals surface area contributed by atoms with Gasteiger partial charge in [-0.3, -0.25) is 0 Å². The van der Waals surface area contributed by atoms with Gasteiger partial charge in [0.2, 0.25) is 0 Å². The van der Waals surface area contributed by atoms with Gasteiger partial charge in [-0.2, -0.15) is 15.1 Å². The Morgan fingerprint density at radius 1 is 1.19 bits per heavy atom. The van der Waals surface area contributed by atoms with E-state index in [0.717, 1.165) is 48.7 Å². The molecule has 0 radical (unpaired) electrons. The number of halogens is 1. The van der Waals surface area contributed by atoms with Gasteiger partial charge in [-0.1, -0.05) is 6.08 Å². The highest BCUT2D eigenvalue weighted by Gasteiger charge is 2.32. The number of ether oxygens (including phenoxy) is 1. The van der Waals surface area contributed by atoms with Gasteiger partial charge in [0.1, 0.15) is 29.8 Å². The topological polar surface area (TPSA) is 109 Å². The fraction of sp³-hybridized carbons (Fsp3) is 0.400. The molecule has 2 aromatic heterocycles. The summed E-state index contributed by atoms with van der Waals surface area (Å²) in [6.45, 7) is 6.14. The second-order valence-electron chi connectivity index (χ2n) is 9.53. The van der Waals surface area contributed by atoms with Gasteiger partial charge in [0.05, 0.1) is 24.0 Å². The lowest BCUT2D eigenvalue weighted by Crippen LogP contribution is -2.55. The number of piperazine rings is 1. The van der Waals surface area contributed by atoms with Crippen molar-refractivity contribution in [3.63, 3.8) is 0 Å². The summed E-state index contributed by atoms with van der Waals surface area (Å²) in [5.74, 6) is 1.99. The number of fused-ring (bicyclic) bond motifs is 3. The van der Waals surface area contributed by atoms with Crippen molar-refractivity contribution in [1.82, 2.24) is 24.6 Å². The first-order valence-electron chi connectivity index (χ1n) is 12.2. The Labute approximate surface area is 208 Å². The van der Waals surface area contributed by atoms with E-state index in [1.807, 2.05) is 18.0 Å². The van der Waals surface area contributed by atoms with E-state index in [-0.39, 0.29) is 18.0 Å². The van der Waals surface area contributed by atoms with Crippen molar-refractivity contribution in [2.24, 2.45) is 0 Å². The fourth-order valence-electron chi connectivity index (χ4n) is 5.01. The van der Waals surface area contributed by atoms with Crippen molar-refractivity contribution < 1.29 is 14.2 Å². The monoisotopic (exact) mass is 492 g/mol. The summed E-state index contributed by atoms with van der Waals surface area (Å²) in [5.41, 5.74) is 8.88. The van der Waals surface area contributed by atoms with Gasteiger partial charge in [-0.15, -0.1) is 0 Å². The number of aliphatic hydroxyl groups excluding tert-OH is 1. The molecule has 3 aromatic rings. The van der Waals surface area contributed by atoms with Gasteiger partial charge in [0.15, 0.2) is 0 Å². The number of anilines is 3. The highest BCUT2D eigenvalue weighted by molar-refractivity contribution is 5.61. The van der Waals surface area contributed by atoms with Gasteiger partial charge in [0, 0.05) is 50.6 Å². The number of nitrogens with two attached hydrogens (primary N) is 1. The summed E-state index contributed by atoms with van der Waals surface area (Å²) in [6.07, 6.45) is 6.47. The Balaban J connectivity index is 1.11. The van der Waals surface area contributed by atoms with E-state index in [9.17, 15) is 9.50 Å². The van der Waals surface area contributed by atoms with Crippen LogP contribution in [0.5, 0.6) is 5.75 Å². The minimum absolute atomic E-state index is 0.185. The van der Waals surface area contributed by atoms with E-state index in [2.05, 4.69) is 37.1 Å². The summed E-state index contributed by atoms with van der Waals surface area (Å²) < 4.78 is 21.3. The van der Waals surface area contributed by atoms with Crippen LogP contribution in [0.1, 0.15) is 11.3 Å². The molecule has 1 unspecified atom stereocenters. The van der Waals surface area contributed by atoms with Crippen LogP contribution in [-0.2, 0) is 6.42 Å². The maximum Gasteiger partial charge on any atom is 0.254 e. The average molecular weight is 493 g/mol. The van der Waals surface area contributed by atoms with Gasteiger partial charge in [-0.25, -0.2) is 9.07 Å². The first-order valence-corrected chi connectivity index (χ1v) is 12.2. The molecule has 11 heteroatoms. The molecule has 0 bridgehead atoms. The smallest absolute Gasteiger partial charge is 0.254 e. The van der Waals surface area contributed by atoms with Gasteiger partial charge < -0.3 is 30.3 Å². The number of allylic oxidation sites excluding steroid dienone is 1. The highest BCUT2D eigenvalue weighted by Crippen LogP contribution is 2.35. The Morgan fingerprint density at radius 2 is 2.06 bits per heavy atom. The molecule has 2 saturated heterocycles. The number of β-amino-alcohol motifs (C(OH)–C–C–N with tert-alkyl or cyclic N) is 1. The van der Waals surface area contributed by atoms with Crippen LogP contribution in [0, 0.1) is 12.7 Å². The van der Waals surface area contributed by atoms with E-state index in [1.165, 1.54) is 6.07 Å². The number of nitrogen functional groups attached to an aromatic ring is 1. The van der Waals surface area contributed by atoms with E-state index in [0.29, 0.717) is 37.3 Å². The largest absolute Gasteiger partial charge is 0.489 e. The molecular weight excluding hydrogens is 463 g/mol. The highest BCUT2D eigenvalue weighted by atomic mass is 19.1. The van der Waals surface area contributed by atoms with Crippen molar-refractivity contribution in [3.05, 3.63) is 59.8 Å². The Bertz CT molecular complexity index is 1310. The van der Waals surface area contributed by atoms with Crippen LogP contribution in [0.4, 0.5) is 21.7 Å². The second kappa shape index (κ2) is 8.98. The number of aliphatic hydroxyl groups is 1. The molecule has 6 rings (SSSR count). The summed E-state index contributed by atoms with van der Waals surface area (Å²) in [5, 5.41) is 14.1. The van der Waals surface area contributed by atoms with Crippen molar-refractivity contribution in [1.29, 1.82) is 0 Å². The summed E-state index contributed by atoms with van der Waals surface area (Å²) in [7, 11) is 0. The van der Waals surface area contributed by atoms with E-state index >= 15 is 0 Å². The molecule has 1 aromatic carbocycles. The maximum atomic E-state index is 13.8. The third-order valence-corrected chi connectivity index (χ3v) is 7.04. The van der Waals surface area contributed by atoms with E-state index in [1.54, 1.807) is 22.9 Å². The number of hydrogen-bond donors (Lipinski definition) is 2. The minimum atomic E-state index is -0.332. The zero-order valence-electron chi connectivity index (χ0n) is 20.1. The summed E-state index contributed by atoms with van der Waals surface area (Å²) in [4.78, 5) is 15.5.